The summed E-state index contributed by atoms with van der Waals surface area (Å²) in [4.78, 5) is 25.4. The number of likely N-dealkylation sites (tertiary alicyclic amines) is 1. The van der Waals surface area contributed by atoms with Gasteiger partial charge in [0.2, 0.25) is 0 Å². The van der Waals surface area contributed by atoms with Crippen LogP contribution in [-0.4, -0.2) is 35.0 Å². The van der Waals surface area contributed by atoms with Crippen LogP contribution in [0.3, 0.4) is 0 Å². The first kappa shape index (κ1) is 14.3. The average molecular weight is 295 g/mol. The third-order valence-corrected chi connectivity index (χ3v) is 4.07. The summed E-state index contributed by atoms with van der Waals surface area (Å²) in [5.74, 6) is -1.37. The lowest BCUT2D eigenvalue weighted by Gasteiger charge is -2.18. The first-order chi connectivity index (χ1) is 10.7. The summed E-state index contributed by atoms with van der Waals surface area (Å²) >= 11 is 0. The molecule has 112 valence electrons. The monoisotopic (exact) mass is 295 g/mol. The zero-order chi connectivity index (χ0) is 15.5. The molecule has 0 bridgehead atoms. The molecule has 4 heteroatoms. The van der Waals surface area contributed by atoms with Crippen LogP contribution in [0.1, 0.15) is 16.8 Å². The Hall–Kier alpha value is -2.62. The van der Waals surface area contributed by atoms with Crippen molar-refractivity contribution < 1.29 is 14.7 Å². The molecule has 0 radical (unpaired) electrons. The van der Waals surface area contributed by atoms with E-state index >= 15 is 0 Å². The Balaban J connectivity index is 1.90. The molecule has 0 spiro atoms. The van der Waals surface area contributed by atoms with Crippen LogP contribution < -0.4 is 0 Å². The Morgan fingerprint density at radius 3 is 2.36 bits per heavy atom. The highest BCUT2D eigenvalue weighted by molar-refractivity contribution is 6.01. The van der Waals surface area contributed by atoms with Gasteiger partial charge in [-0.3, -0.25) is 9.59 Å². The molecule has 1 atom stereocenters. The van der Waals surface area contributed by atoms with Gasteiger partial charge in [-0.25, -0.2) is 0 Å². The summed E-state index contributed by atoms with van der Waals surface area (Å²) < 4.78 is 0. The molecular formula is C18H17NO3. The van der Waals surface area contributed by atoms with Gasteiger partial charge < -0.3 is 10.0 Å². The Labute approximate surface area is 129 Å². The summed E-state index contributed by atoms with van der Waals surface area (Å²) in [5, 5.41) is 9.08. The molecule has 0 aromatic heterocycles. The van der Waals surface area contributed by atoms with Crippen LogP contribution in [0, 0.1) is 5.92 Å². The minimum atomic E-state index is -0.827. The van der Waals surface area contributed by atoms with Crippen LogP contribution in [0.5, 0.6) is 0 Å². The maximum Gasteiger partial charge on any atom is 0.308 e. The number of carbonyl (C=O) groups excluding carboxylic acids is 1. The molecule has 1 heterocycles. The Morgan fingerprint density at radius 1 is 1.00 bits per heavy atom. The zero-order valence-corrected chi connectivity index (χ0v) is 12.1. The quantitative estimate of drug-likeness (QED) is 0.947. The van der Waals surface area contributed by atoms with E-state index in [2.05, 4.69) is 0 Å². The number of benzene rings is 2. The van der Waals surface area contributed by atoms with E-state index in [1.165, 1.54) is 0 Å². The van der Waals surface area contributed by atoms with Crippen LogP contribution in [-0.2, 0) is 4.79 Å². The first-order valence-corrected chi connectivity index (χ1v) is 7.33. The molecule has 1 N–H and O–H groups in total. The fraction of sp³-hybridized carbons (Fsp3) is 0.222. The summed E-state index contributed by atoms with van der Waals surface area (Å²) in [6.07, 6.45) is 0.522. The SMILES string of the molecule is O=C(O)[C@@H]1CCN(C(=O)c2ccccc2-c2ccccc2)C1. The number of aliphatic carboxylic acids is 1. The average Bonchev–Trinajstić information content (AvgIpc) is 3.05. The second-order valence-electron chi connectivity index (χ2n) is 5.49. The molecule has 1 aliphatic heterocycles. The molecule has 1 fully saturated rings. The summed E-state index contributed by atoms with van der Waals surface area (Å²) in [6.45, 7) is 0.788. The fourth-order valence-corrected chi connectivity index (χ4v) is 2.86. The standard InChI is InChI=1S/C18H17NO3/c20-17(19-11-10-14(12-19)18(21)22)16-9-5-4-8-15(16)13-6-2-1-3-7-13/h1-9,14H,10-12H2,(H,21,22)/t14-/m1/s1. The minimum Gasteiger partial charge on any atom is -0.481 e. The van der Waals surface area contributed by atoms with Crippen molar-refractivity contribution in [3.05, 3.63) is 60.2 Å². The number of rotatable bonds is 3. The van der Waals surface area contributed by atoms with E-state index in [0.717, 1.165) is 11.1 Å². The predicted molar refractivity (Wildman–Crippen MR) is 83.5 cm³/mol. The zero-order valence-electron chi connectivity index (χ0n) is 12.1. The van der Waals surface area contributed by atoms with Crippen LogP contribution in [0.2, 0.25) is 0 Å². The molecule has 1 aliphatic rings. The van der Waals surface area contributed by atoms with Crippen molar-refractivity contribution in [1.29, 1.82) is 0 Å². The summed E-state index contributed by atoms with van der Waals surface area (Å²) in [7, 11) is 0. The number of hydrogen-bond donors (Lipinski definition) is 1. The second kappa shape index (κ2) is 6.02. The number of carboxylic acids is 1. The number of hydrogen-bond acceptors (Lipinski definition) is 2. The van der Waals surface area contributed by atoms with Crippen LogP contribution >= 0.6 is 0 Å². The van der Waals surface area contributed by atoms with E-state index in [-0.39, 0.29) is 12.5 Å². The maximum atomic E-state index is 12.7. The molecule has 1 saturated heterocycles. The van der Waals surface area contributed by atoms with Crippen molar-refractivity contribution >= 4 is 11.9 Å². The molecule has 0 unspecified atom stereocenters. The predicted octanol–water partition coefficient (Wildman–Crippen LogP) is 2.90. The van der Waals surface area contributed by atoms with Gasteiger partial charge >= 0.3 is 5.97 Å². The van der Waals surface area contributed by atoms with Crippen LogP contribution in [0.4, 0.5) is 0 Å². The van der Waals surface area contributed by atoms with Gasteiger partial charge in [-0.15, -0.1) is 0 Å². The van der Waals surface area contributed by atoms with Crippen molar-refractivity contribution in [3.63, 3.8) is 0 Å². The van der Waals surface area contributed by atoms with Gasteiger partial charge in [-0.1, -0.05) is 48.5 Å². The number of nitrogens with zero attached hydrogens (tertiary/aromatic N) is 1. The third-order valence-electron chi connectivity index (χ3n) is 4.07. The molecular weight excluding hydrogens is 278 g/mol. The van der Waals surface area contributed by atoms with Crippen molar-refractivity contribution in [1.82, 2.24) is 4.90 Å². The lowest BCUT2D eigenvalue weighted by atomic mass is 9.99. The van der Waals surface area contributed by atoms with Gasteiger partial charge in [0.1, 0.15) is 0 Å². The second-order valence-corrected chi connectivity index (χ2v) is 5.49. The number of carboxylic acid groups (broad SMARTS) is 1. The highest BCUT2D eigenvalue weighted by atomic mass is 16.4. The normalized spacial score (nSPS) is 17.5. The molecule has 3 rings (SSSR count). The van der Waals surface area contributed by atoms with Crippen molar-refractivity contribution in [2.24, 2.45) is 5.92 Å². The van der Waals surface area contributed by atoms with E-state index in [1.807, 2.05) is 48.5 Å². The molecule has 2 aromatic carbocycles. The highest BCUT2D eigenvalue weighted by Crippen LogP contribution is 2.26. The lowest BCUT2D eigenvalue weighted by molar-refractivity contribution is -0.141. The van der Waals surface area contributed by atoms with Gasteiger partial charge in [0.25, 0.3) is 5.91 Å². The lowest BCUT2D eigenvalue weighted by Crippen LogP contribution is -2.30. The molecule has 22 heavy (non-hydrogen) atoms. The van der Waals surface area contributed by atoms with Gasteiger partial charge in [-0.2, -0.15) is 0 Å². The fourth-order valence-electron chi connectivity index (χ4n) is 2.86. The van der Waals surface area contributed by atoms with Gasteiger partial charge in [0.15, 0.2) is 0 Å². The Bertz CT molecular complexity index is 696. The molecule has 4 nitrogen and oxygen atoms in total. The smallest absolute Gasteiger partial charge is 0.308 e. The van der Waals surface area contributed by atoms with Crippen LogP contribution in [0.25, 0.3) is 11.1 Å². The van der Waals surface area contributed by atoms with Crippen molar-refractivity contribution in [3.8, 4) is 11.1 Å². The number of carbonyl (C=O) groups is 2. The topological polar surface area (TPSA) is 57.6 Å². The first-order valence-electron chi connectivity index (χ1n) is 7.33. The molecule has 0 aliphatic carbocycles. The van der Waals surface area contributed by atoms with Crippen molar-refractivity contribution in [2.75, 3.05) is 13.1 Å². The Kier molecular flexibility index (Phi) is 3.92. The largest absolute Gasteiger partial charge is 0.481 e. The molecule has 1 amide bonds. The van der Waals surface area contributed by atoms with Gasteiger partial charge in [0, 0.05) is 18.7 Å². The van der Waals surface area contributed by atoms with Crippen molar-refractivity contribution in [2.45, 2.75) is 6.42 Å². The summed E-state index contributed by atoms with van der Waals surface area (Å²) in [6, 6.07) is 17.2. The van der Waals surface area contributed by atoms with Gasteiger partial charge in [-0.05, 0) is 23.6 Å². The van der Waals surface area contributed by atoms with Gasteiger partial charge in [0.05, 0.1) is 5.92 Å². The van der Waals surface area contributed by atoms with Crippen LogP contribution in [0.15, 0.2) is 54.6 Å². The maximum absolute atomic E-state index is 12.7. The molecule has 0 saturated carbocycles. The van der Waals surface area contributed by atoms with E-state index in [0.29, 0.717) is 18.5 Å². The van der Waals surface area contributed by atoms with E-state index in [1.54, 1.807) is 11.0 Å². The molecule has 2 aromatic rings. The highest BCUT2D eigenvalue weighted by Gasteiger charge is 2.31. The Morgan fingerprint density at radius 2 is 1.68 bits per heavy atom. The van der Waals surface area contributed by atoms with E-state index in [4.69, 9.17) is 5.11 Å². The van der Waals surface area contributed by atoms with E-state index < -0.39 is 11.9 Å². The van der Waals surface area contributed by atoms with E-state index in [9.17, 15) is 9.59 Å². The minimum absolute atomic E-state index is 0.0943. The third kappa shape index (κ3) is 2.72. The number of amides is 1. The summed E-state index contributed by atoms with van der Waals surface area (Å²) in [5.41, 5.74) is 2.49.